The molecule has 1 heterocycles. The minimum Gasteiger partial charge on any atom is -0.443 e. The van der Waals surface area contributed by atoms with E-state index in [0.717, 1.165) is 0 Å². The molecule has 0 spiro atoms. The van der Waals surface area contributed by atoms with Crippen LogP contribution < -0.4 is 5.32 Å². The van der Waals surface area contributed by atoms with Gasteiger partial charge in [-0.25, -0.2) is 0 Å². The first-order valence-electron chi connectivity index (χ1n) is 4.73. The molecule has 1 aromatic carbocycles. The molecule has 1 amide bonds. The second-order valence-corrected chi connectivity index (χ2v) is 3.84. The maximum atomic E-state index is 12.6. The molecular weight excluding hydrogens is 266 g/mol. The second kappa shape index (κ2) is 4.27. The molecule has 1 aromatic heterocycles. The molecule has 92 valence electrons. The third kappa shape index (κ3) is 2.13. The van der Waals surface area contributed by atoms with Crippen molar-refractivity contribution in [3.8, 4) is 6.07 Å². The van der Waals surface area contributed by atoms with Crippen molar-refractivity contribution >= 4 is 34.2 Å². The summed E-state index contributed by atoms with van der Waals surface area (Å²) in [6.45, 7) is 0. The van der Waals surface area contributed by atoms with E-state index in [0.29, 0.717) is 11.0 Å². The summed E-state index contributed by atoms with van der Waals surface area (Å²) >= 11 is 4.59. The van der Waals surface area contributed by atoms with Crippen LogP contribution >= 0.6 is 11.6 Å². The highest BCUT2D eigenvalue weighted by atomic mass is 35.5. The van der Waals surface area contributed by atoms with Gasteiger partial charge in [-0.2, -0.15) is 14.0 Å². The molecule has 18 heavy (non-hydrogen) atoms. The van der Waals surface area contributed by atoms with E-state index in [4.69, 9.17) is 9.68 Å². The zero-order valence-electron chi connectivity index (χ0n) is 8.71. The summed E-state index contributed by atoms with van der Waals surface area (Å²) < 4.78 is 30.3. The lowest BCUT2D eigenvalue weighted by atomic mass is 10.2. The summed E-state index contributed by atoms with van der Waals surface area (Å²) in [4.78, 5) is 11.1. The fourth-order valence-corrected chi connectivity index (χ4v) is 1.48. The molecule has 0 aliphatic rings. The van der Waals surface area contributed by atoms with Crippen LogP contribution in [0.1, 0.15) is 5.76 Å². The van der Waals surface area contributed by atoms with E-state index in [-0.39, 0.29) is 11.4 Å². The number of para-hydroxylation sites is 1. The van der Waals surface area contributed by atoms with E-state index in [1.165, 1.54) is 6.07 Å². The third-order valence-electron chi connectivity index (χ3n) is 2.19. The minimum absolute atomic E-state index is 0.113. The van der Waals surface area contributed by atoms with E-state index < -0.39 is 11.3 Å². The summed E-state index contributed by atoms with van der Waals surface area (Å²) in [5.41, 5.74) is 0.195. The molecule has 0 unspecified atom stereocenters. The first kappa shape index (κ1) is 12.3. The van der Waals surface area contributed by atoms with Gasteiger partial charge in [-0.15, -0.1) is 0 Å². The molecule has 1 N–H and O–H groups in total. The summed E-state index contributed by atoms with van der Waals surface area (Å²) in [5, 5.41) is 7.01. The molecular formula is C11H5ClF2N2O2. The molecule has 0 atom stereocenters. The molecule has 2 rings (SSSR count). The molecule has 0 saturated carbocycles. The van der Waals surface area contributed by atoms with Crippen LogP contribution in [0.3, 0.4) is 0 Å². The predicted octanol–water partition coefficient (Wildman–Crippen LogP) is 3.07. The third-order valence-corrected chi connectivity index (χ3v) is 2.36. The Labute approximate surface area is 105 Å². The van der Waals surface area contributed by atoms with E-state index in [2.05, 4.69) is 11.6 Å². The number of carbonyl (C=O) groups is 1. The highest BCUT2D eigenvalue weighted by molar-refractivity contribution is 6.34. The van der Waals surface area contributed by atoms with Crippen LogP contribution in [-0.2, 0) is 4.79 Å². The SMILES string of the molecule is N#Cc1oc2ccccc2c1NC(=O)C(F)(F)Cl. The van der Waals surface area contributed by atoms with Crippen molar-refractivity contribution in [2.45, 2.75) is 5.38 Å². The highest BCUT2D eigenvalue weighted by Gasteiger charge is 2.37. The first-order valence-corrected chi connectivity index (χ1v) is 5.11. The zero-order valence-corrected chi connectivity index (χ0v) is 9.46. The number of fused-ring (bicyclic) bond motifs is 1. The smallest absolute Gasteiger partial charge is 0.400 e. The van der Waals surface area contributed by atoms with Gasteiger partial charge < -0.3 is 9.73 Å². The summed E-state index contributed by atoms with van der Waals surface area (Å²) in [6, 6.07) is 8.01. The van der Waals surface area contributed by atoms with E-state index in [1.807, 2.05) is 5.32 Å². The maximum absolute atomic E-state index is 12.6. The lowest BCUT2D eigenvalue weighted by molar-refractivity contribution is -0.130. The van der Waals surface area contributed by atoms with Crippen molar-refractivity contribution in [2.24, 2.45) is 0 Å². The van der Waals surface area contributed by atoms with Gasteiger partial charge in [0.1, 0.15) is 17.3 Å². The number of alkyl halides is 3. The lowest BCUT2D eigenvalue weighted by Crippen LogP contribution is -2.29. The molecule has 2 aromatic rings. The van der Waals surface area contributed by atoms with Gasteiger partial charge in [-0.05, 0) is 23.7 Å². The van der Waals surface area contributed by atoms with Crippen molar-refractivity contribution in [3.63, 3.8) is 0 Å². The van der Waals surface area contributed by atoms with Crippen molar-refractivity contribution in [2.75, 3.05) is 5.32 Å². The Morgan fingerprint density at radius 2 is 2.11 bits per heavy atom. The van der Waals surface area contributed by atoms with Gasteiger partial charge in [0.25, 0.3) is 0 Å². The molecule has 0 radical (unpaired) electrons. The number of nitrogens with zero attached hydrogens (tertiary/aromatic N) is 1. The first-order chi connectivity index (χ1) is 8.43. The highest BCUT2D eigenvalue weighted by Crippen LogP contribution is 2.31. The van der Waals surface area contributed by atoms with Gasteiger partial charge in [0.05, 0.1) is 0 Å². The Bertz CT molecular complexity index is 655. The van der Waals surface area contributed by atoms with Crippen molar-refractivity contribution in [3.05, 3.63) is 30.0 Å². The van der Waals surface area contributed by atoms with Gasteiger partial charge in [0, 0.05) is 5.39 Å². The molecule has 0 fully saturated rings. The van der Waals surface area contributed by atoms with Gasteiger partial charge in [-0.1, -0.05) is 12.1 Å². The summed E-state index contributed by atoms with van der Waals surface area (Å²) in [6.07, 6.45) is 0. The predicted molar refractivity (Wildman–Crippen MR) is 60.4 cm³/mol. The number of hydrogen-bond donors (Lipinski definition) is 1. The molecule has 0 aliphatic heterocycles. The molecule has 0 saturated heterocycles. The number of nitrogens with one attached hydrogen (secondary N) is 1. The zero-order chi connectivity index (χ0) is 13.3. The quantitative estimate of drug-likeness (QED) is 0.853. The summed E-state index contributed by atoms with van der Waals surface area (Å²) in [7, 11) is 0. The number of hydrogen-bond acceptors (Lipinski definition) is 3. The fraction of sp³-hybridized carbons (Fsp3) is 0.0909. The van der Waals surface area contributed by atoms with Gasteiger partial charge in [0.2, 0.25) is 5.76 Å². The molecule has 0 bridgehead atoms. The minimum atomic E-state index is -4.05. The number of carbonyl (C=O) groups excluding carboxylic acids is 1. The number of furan rings is 1. The van der Waals surface area contributed by atoms with Crippen LogP contribution in [0.2, 0.25) is 0 Å². The topological polar surface area (TPSA) is 66.0 Å². The molecule has 4 nitrogen and oxygen atoms in total. The van der Waals surface area contributed by atoms with E-state index in [1.54, 1.807) is 24.3 Å². The molecule has 0 aliphatic carbocycles. The van der Waals surface area contributed by atoms with Crippen molar-refractivity contribution in [1.82, 2.24) is 0 Å². The monoisotopic (exact) mass is 270 g/mol. The maximum Gasteiger partial charge on any atom is 0.400 e. The van der Waals surface area contributed by atoms with Gasteiger partial charge >= 0.3 is 11.3 Å². The summed E-state index contributed by atoms with van der Waals surface area (Å²) in [5.74, 6) is -1.97. The lowest BCUT2D eigenvalue weighted by Gasteiger charge is -2.07. The number of halogens is 3. The van der Waals surface area contributed by atoms with E-state index >= 15 is 0 Å². The van der Waals surface area contributed by atoms with Crippen LogP contribution in [-0.4, -0.2) is 11.3 Å². The number of nitriles is 1. The Morgan fingerprint density at radius 1 is 1.44 bits per heavy atom. The average Bonchev–Trinajstić information content (AvgIpc) is 2.66. The fourth-order valence-electron chi connectivity index (χ4n) is 1.43. The van der Waals surface area contributed by atoms with Crippen molar-refractivity contribution < 1.29 is 18.0 Å². The van der Waals surface area contributed by atoms with Crippen molar-refractivity contribution in [1.29, 1.82) is 5.26 Å². The van der Waals surface area contributed by atoms with Crippen LogP contribution in [0, 0.1) is 11.3 Å². The normalized spacial score (nSPS) is 11.2. The Morgan fingerprint density at radius 3 is 2.72 bits per heavy atom. The second-order valence-electron chi connectivity index (χ2n) is 3.37. The molecule has 7 heteroatoms. The number of rotatable bonds is 2. The van der Waals surface area contributed by atoms with Crippen LogP contribution in [0.5, 0.6) is 0 Å². The van der Waals surface area contributed by atoms with Gasteiger partial charge in [-0.3, -0.25) is 4.79 Å². The average molecular weight is 271 g/mol. The van der Waals surface area contributed by atoms with Crippen LogP contribution in [0.25, 0.3) is 11.0 Å². The number of amides is 1. The van der Waals surface area contributed by atoms with Gasteiger partial charge in [0.15, 0.2) is 0 Å². The van der Waals surface area contributed by atoms with E-state index in [9.17, 15) is 13.6 Å². The standard InChI is InChI=1S/C11H5ClF2N2O2/c12-11(13,14)10(17)16-9-6-3-1-2-4-7(6)18-8(9)5-15/h1-4H,(H,16,17). The number of benzene rings is 1. The Hall–Kier alpha value is -2.13. The Kier molecular flexibility index (Phi) is 2.93. The largest absolute Gasteiger partial charge is 0.443 e. The van der Waals surface area contributed by atoms with Crippen LogP contribution in [0.4, 0.5) is 14.5 Å². The number of anilines is 1. The Balaban J connectivity index is 2.50. The van der Waals surface area contributed by atoms with Crippen LogP contribution in [0.15, 0.2) is 28.7 Å².